The highest BCUT2D eigenvalue weighted by molar-refractivity contribution is 5.83. The Morgan fingerprint density at radius 2 is 2.33 bits per heavy atom. The summed E-state index contributed by atoms with van der Waals surface area (Å²) in [5, 5.41) is 6.39. The molecule has 2 aliphatic rings. The van der Waals surface area contributed by atoms with Gasteiger partial charge in [0.2, 0.25) is 12.7 Å². The zero-order valence-corrected chi connectivity index (χ0v) is 12.4. The van der Waals surface area contributed by atoms with Gasteiger partial charge in [0, 0.05) is 18.7 Å². The van der Waals surface area contributed by atoms with Crippen LogP contribution in [0.1, 0.15) is 31.7 Å². The third kappa shape index (κ3) is 2.70. The van der Waals surface area contributed by atoms with Crippen molar-refractivity contribution in [1.29, 1.82) is 0 Å². The molecule has 114 valence electrons. The first-order valence-corrected chi connectivity index (χ1v) is 7.62. The standard InChI is InChI=1S/C16H22N2O3/c1-2-6-16(7-8-17-10-16)15(19)18-9-12-4-3-5-13-14(12)21-11-20-13/h3-5,17H,2,6-11H2,1H3,(H,18,19). The molecule has 2 heterocycles. The van der Waals surface area contributed by atoms with Crippen molar-refractivity contribution < 1.29 is 14.3 Å². The fourth-order valence-corrected chi connectivity index (χ4v) is 3.24. The molecule has 5 nitrogen and oxygen atoms in total. The predicted octanol–water partition coefficient (Wildman–Crippen LogP) is 1.81. The molecule has 5 heteroatoms. The lowest BCUT2D eigenvalue weighted by Gasteiger charge is -2.26. The molecule has 21 heavy (non-hydrogen) atoms. The first-order valence-electron chi connectivity index (χ1n) is 7.62. The number of benzene rings is 1. The molecule has 1 amide bonds. The van der Waals surface area contributed by atoms with E-state index >= 15 is 0 Å². The monoisotopic (exact) mass is 290 g/mol. The molecule has 0 bridgehead atoms. The van der Waals surface area contributed by atoms with Gasteiger partial charge in [0.25, 0.3) is 0 Å². The third-order valence-electron chi connectivity index (χ3n) is 4.37. The summed E-state index contributed by atoms with van der Waals surface area (Å²) in [6, 6.07) is 5.77. The number of hydrogen-bond acceptors (Lipinski definition) is 4. The van der Waals surface area contributed by atoms with Crippen LogP contribution < -0.4 is 20.1 Å². The lowest BCUT2D eigenvalue weighted by Crippen LogP contribution is -2.42. The Balaban J connectivity index is 1.67. The van der Waals surface area contributed by atoms with Gasteiger partial charge in [0.1, 0.15) is 0 Å². The van der Waals surface area contributed by atoms with Crippen molar-refractivity contribution in [3.05, 3.63) is 23.8 Å². The van der Waals surface area contributed by atoms with Crippen LogP contribution in [-0.4, -0.2) is 25.8 Å². The van der Waals surface area contributed by atoms with E-state index in [-0.39, 0.29) is 18.1 Å². The second-order valence-electron chi connectivity index (χ2n) is 5.79. The number of nitrogens with one attached hydrogen (secondary N) is 2. The van der Waals surface area contributed by atoms with Crippen LogP contribution in [0.2, 0.25) is 0 Å². The van der Waals surface area contributed by atoms with Crippen LogP contribution in [-0.2, 0) is 11.3 Å². The summed E-state index contributed by atoms with van der Waals surface area (Å²) in [5.41, 5.74) is 0.723. The Hall–Kier alpha value is -1.75. The molecule has 1 atom stereocenters. The molecule has 0 radical (unpaired) electrons. The number of rotatable bonds is 5. The van der Waals surface area contributed by atoms with Crippen molar-refractivity contribution in [2.45, 2.75) is 32.7 Å². The van der Waals surface area contributed by atoms with Crippen molar-refractivity contribution in [3.8, 4) is 11.5 Å². The van der Waals surface area contributed by atoms with Crippen molar-refractivity contribution in [1.82, 2.24) is 10.6 Å². The maximum absolute atomic E-state index is 12.6. The van der Waals surface area contributed by atoms with Gasteiger partial charge in [-0.2, -0.15) is 0 Å². The van der Waals surface area contributed by atoms with E-state index in [9.17, 15) is 4.79 Å². The zero-order valence-electron chi connectivity index (χ0n) is 12.4. The Morgan fingerprint density at radius 1 is 1.43 bits per heavy atom. The second-order valence-corrected chi connectivity index (χ2v) is 5.79. The quantitative estimate of drug-likeness (QED) is 0.868. The van der Waals surface area contributed by atoms with E-state index < -0.39 is 0 Å². The summed E-state index contributed by atoms with van der Waals surface area (Å²) in [7, 11) is 0. The summed E-state index contributed by atoms with van der Waals surface area (Å²) < 4.78 is 10.8. The highest BCUT2D eigenvalue weighted by atomic mass is 16.7. The number of carbonyl (C=O) groups is 1. The van der Waals surface area contributed by atoms with Crippen LogP contribution in [0.25, 0.3) is 0 Å². The predicted molar refractivity (Wildman–Crippen MR) is 79.2 cm³/mol. The van der Waals surface area contributed by atoms with E-state index in [1.165, 1.54) is 0 Å². The maximum Gasteiger partial charge on any atom is 0.231 e. The number of ether oxygens (including phenoxy) is 2. The van der Waals surface area contributed by atoms with Gasteiger partial charge in [-0.25, -0.2) is 0 Å². The highest BCUT2D eigenvalue weighted by Crippen LogP contribution is 2.36. The Morgan fingerprint density at radius 3 is 3.10 bits per heavy atom. The fourth-order valence-electron chi connectivity index (χ4n) is 3.24. The molecule has 1 aromatic rings. The molecule has 1 fully saturated rings. The van der Waals surface area contributed by atoms with Crippen LogP contribution in [0.4, 0.5) is 0 Å². The van der Waals surface area contributed by atoms with Crippen LogP contribution in [0, 0.1) is 5.41 Å². The fraction of sp³-hybridized carbons (Fsp3) is 0.562. The SMILES string of the molecule is CCCC1(C(=O)NCc2cccc3c2OCO3)CCNC1. The number of fused-ring (bicyclic) bond motifs is 1. The smallest absolute Gasteiger partial charge is 0.231 e. The Kier molecular flexibility index (Phi) is 4.01. The molecule has 2 aliphatic heterocycles. The van der Waals surface area contributed by atoms with E-state index in [4.69, 9.17) is 9.47 Å². The summed E-state index contributed by atoms with van der Waals surface area (Å²) in [4.78, 5) is 12.6. The number of para-hydroxylation sites is 1. The highest BCUT2D eigenvalue weighted by Gasteiger charge is 2.40. The first kappa shape index (κ1) is 14.2. The minimum Gasteiger partial charge on any atom is -0.454 e. The molecule has 1 saturated heterocycles. The largest absolute Gasteiger partial charge is 0.454 e. The van der Waals surface area contributed by atoms with Gasteiger partial charge in [-0.15, -0.1) is 0 Å². The van der Waals surface area contributed by atoms with Crippen LogP contribution in [0.5, 0.6) is 11.5 Å². The molecule has 0 aliphatic carbocycles. The molecule has 3 rings (SSSR count). The van der Waals surface area contributed by atoms with E-state index in [1.807, 2.05) is 18.2 Å². The van der Waals surface area contributed by atoms with Gasteiger partial charge in [-0.3, -0.25) is 4.79 Å². The van der Waals surface area contributed by atoms with Crippen molar-refractivity contribution >= 4 is 5.91 Å². The van der Waals surface area contributed by atoms with Gasteiger partial charge in [-0.05, 0) is 25.5 Å². The average molecular weight is 290 g/mol. The Labute approximate surface area is 125 Å². The minimum atomic E-state index is -0.246. The molecule has 2 N–H and O–H groups in total. The molecular formula is C16H22N2O3. The topological polar surface area (TPSA) is 59.6 Å². The number of amides is 1. The first-order chi connectivity index (χ1) is 10.2. The summed E-state index contributed by atoms with van der Waals surface area (Å²) in [6.45, 7) is 4.56. The van der Waals surface area contributed by atoms with Crippen LogP contribution in [0.15, 0.2) is 18.2 Å². The molecular weight excluding hydrogens is 268 g/mol. The molecule has 1 aromatic carbocycles. The van der Waals surface area contributed by atoms with E-state index in [0.717, 1.165) is 49.4 Å². The lowest BCUT2D eigenvalue weighted by molar-refractivity contribution is -0.130. The van der Waals surface area contributed by atoms with Crippen molar-refractivity contribution in [2.24, 2.45) is 5.41 Å². The van der Waals surface area contributed by atoms with Crippen molar-refractivity contribution in [2.75, 3.05) is 19.9 Å². The zero-order chi connectivity index (χ0) is 14.7. The van der Waals surface area contributed by atoms with Gasteiger partial charge in [0.05, 0.1) is 5.41 Å². The molecule has 0 saturated carbocycles. The summed E-state index contributed by atoms with van der Waals surface area (Å²) >= 11 is 0. The van der Waals surface area contributed by atoms with E-state index in [0.29, 0.717) is 6.54 Å². The third-order valence-corrected chi connectivity index (χ3v) is 4.37. The molecule has 1 unspecified atom stereocenters. The Bertz CT molecular complexity index is 524. The van der Waals surface area contributed by atoms with E-state index in [2.05, 4.69) is 17.6 Å². The average Bonchev–Trinajstić information content (AvgIpc) is 3.14. The lowest BCUT2D eigenvalue weighted by atomic mass is 9.81. The van der Waals surface area contributed by atoms with Gasteiger partial charge >= 0.3 is 0 Å². The maximum atomic E-state index is 12.6. The molecule has 0 spiro atoms. The number of hydrogen-bond donors (Lipinski definition) is 2. The van der Waals surface area contributed by atoms with Crippen LogP contribution in [0.3, 0.4) is 0 Å². The second kappa shape index (κ2) is 5.93. The number of carbonyl (C=O) groups excluding carboxylic acids is 1. The molecule has 0 aromatic heterocycles. The van der Waals surface area contributed by atoms with Gasteiger partial charge < -0.3 is 20.1 Å². The van der Waals surface area contributed by atoms with Gasteiger partial charge in [0.15, 0.2) is 11.5 Å². The minimum absolute atomic E-state index is 0.144. The van der Waals surface area contributed by atoms with Crippen molar-refractivity contribution in [3.63, 3.8) is 0 Å². The normalized spacial score (nSPS) is 23.3. The summed E-state index contributed by atoms with van der Waals surface area (Å²) in [5.74, 6) is 1.66. The van der Waals surface area contributed by atoms with Gasteiger partial charge in [-0.1, -0.05) is 25.5 Å². The van der Waals surface area contributed by atoms with Crippen LogP contribution >= 0.6 is 0 Å². The van der Waals surface area contributed by atoms with E-state index in [1.54, 1.807) is 0 Å². The summed E-state index contributed by atoms with van der Waals surface area (Å²) in [6.07, 6.45) is 2.87.